The van der Waals surface area contributed by atoms with Crippen molar-refractivity contribution < 1.29 is 19.8 Å². The zero-order valence-corrected chi connectivity index (χ0v) is 11.3. The van der Waals surface area contributed by atoms with Crippen LogP contribution in [0.15, 0.2) is 24.3 Å². The van der Waals surface area contributed by atoms with E-state index in [0.717, 1.165) is 5.56 Å². The summed E-state index contributed by atoms with van der Waals surface area (Å²) in [7, 11) is 0. The molecule has 2 N–H and O–H groups in total. The number of aryl methyl sites for hydroxylation is 1. The van der Waals surface area contributed by atoms with E-state index in [9.17, 15) is 19.8 Å². The zero-order valence-electron chi connectivity index (χ0n) is 11.3. The number of Topliss-reactive ketones (excluding diaryl/α,β-unsaturated/α-hetero) is 1. The molecule has 0 spiro atoms. The fourth-order valence-corrected chi connectivity index (χ4v) is 3.95. The minimum absolute atomic E-state index is 0.0631. The summed E-state index contributed by atoms with van der Waals surface area (Å²) in [4.78, 5) is 24.1. The van der Waals surface area contributed by atoms with Gasteiger partial charge in [0.15, 0.2) is 5.78 Å². The van der Waals surface area contributed by atoms with Crippen LogP contribution >= 0.6 is 0 Å². The highest BCUT2D eigenvalue weighted by atomic mass is 16.4. The van der Waals surface area contributed by atoms with Gasteiger partial charge in [-0.15, -0.1) is 0 Å². The first-order valence-corrected chi connectivity index (χ1v) is 7.01. The van der Waals surface area contributed by atoms with Crippen LogP contribution in [-0.4, -0.2) is 28.1 Å². The van der Waals surface area contributed by atoms with Crippen LogP contribution in [0.2, 0.25) is 0 Å². The number of fused-ring (bicyclic) bond motifs is 2. The van der Waals surface area contributed by atoms with Crippen LogP contribution < -0.4 is 0 Å². The quantitative estimate of drug-likeness (QED) is 0.825. The summed E-state index contributed by atoms with van der Waals surface area (Å²) < 4.78 is 0. The molecular formula is C16H18O4. The molecule has 0 radical (unpaired) electrons. The molecule has 2 bridgehead atoms. The van der Waals surface area contributed by atoms with E-state index in [1.165, 1.54) is 0 Å². The predicted octanol–water partition coefficient (Wildman–Crippen LogP) is 1.90. The van der Waals surface area contributed by atoms with Crippen molar-refractivity contribution in [3.05, 3.63) is 35.4 Å². The number of aliphatic hydroxyl groups is 1. The van der Waals surface area contributed by atoms with Crippen molar-refractivity contribution in [3.8, 4) is 0 Å². The Morgan fingerprint density at radius 3 is 2.35 bits per heavy atom. The highest BCUT2D eigenvalue weighted by molar-refractivity contribution is 6.00. The highest BCUT2D eigenvalue weighted by Crippen LogP contribution is 2.53. The average Bonchev–Trinajstić information content (AvgIpc) is 2.95. The SMILES string of the molecule is Cc1ccc(C(=O)[C@H]2[C@H]3C[C@H](C[C@H]3O)[C@@H]2C(=O)O)cc1. The van der Waals surface area contributed by atoms with E-state index in [4.69, 9.17) is 0 Å². The molecule has 20 heavy (non-hydrogen) atoms. The molecule has 3 rings (SSSR count). The van der Waals surface area contributed by atoms with Gasteiger partial charge in [0.2, 0.25) is 0 Å². The summed E-state index contributed by atoms with van der Waals surface area (Å²) in [5, 5.41) is 19.4. The third-order valence-electron chi connectivity index (χ3n) is 4.89. The van der Waals surface area contributed by atoms with Crippen molar-refractivity contribution in [3.63, 3.8) is 0 Å². The van der Waals surface area contributed by atoms with Crippen LogP contribution in [0.3, 0.4) is 0 Å². The Hall–Kier alpha value is -1.68. The molecule has 1 aromatic rings. The zero-order chi connectivity index (χ0) is 14.4. The number of hydrogen-bond donors (Lipinski definition) is 2. The van der Waals surface area contributed by atoms with E-state index in [1.54, 1.807) is 12.1 Å². The number of carbonyl (C=O) groups is 2. The van der Waals surface area contributed by atoms with Crippen molar-refractivity contribution in [1.29, 1.82) is 0 Å². The van der Waals surface area contributed by atoms with Crippen LogP contribution in [-0.2, 0) is 4.79 Å². The Kier molecular flexibility index (Phi) is 3.13. The molecule has 2 aliphatic carbocycles. The van der Waals surface area contributed by atoms with E-state index in [2.05, 4.69) is 0 Å². The van der Waals surface area contributed by atoms with Crippen molar-refractivity contribution in [2.45, 2.75) is 25.9 Å². The summed E-state index contributed by atoms with van der Waals surface area (Å²) in [6.45, 7) is 1.94. The van der Waals surface area contributed by atoms with E-state index < -0.39 is 23.9 Å². The van der Waals surface area contributed by atoms with Gasteiger partial charge in [0.05, 0.1) is 12.0 Å². The molecule has 0 heterocycles. The van der Waals surface area contributed by atoms with E-state index in [-0.39, 0.29) is 17.6 Å². The highest BCUT2D eigenvalue weighted by Gasteiger charge is 2.57. The van der Waals surface area contributed by atoms with Crippen LogP contribution in [0, 0.1) is 30.6 Å². The summed E-state index contributed by atoms with van der Waals surface area (Å²) in [5.41, 5.74) is 1.61. The van der Waals surface area contributed by atoms with Gasteiger partial charge in [0.25, 0.3) is 0 Å². The largest absolute Gasteiger partial charge is 0.481 e. The van der Waals surface area contributed by atoms with E-state index >= 15 is 0 Å². The molecular weight excluding hydrogens is 256 g/mol. The van der Waals surface area contributed by atoms with Crippen LogP contribution in [0.5, 0.6) is 0 Å². The predicted molar refractivity (Wildman–Crippen MR) is 72.3 cm³/mol. The molecule has 0 aliphatic heterocycles. The van der Waals surface area contributed by atoms with Gasteiger partial charge in [-0.25, -0.2) is 0 Å². The van der Waals surface area contributed by atoms with E-state index in [0.29, 0.717) is 18.4 Å². The fourth-order valence-electron chi connectivity index (χ4n) is 3.95. The first-order chi connectivity index (χ1) is 9.49. The third-order valence-corrected chi connectivity index (χ3v) is 4.89. The molecule has 4 nitrogen and oxygen atoms in total. The van der Waals surface area contributed by atoms with Gasteiger partial charge in [0, 0.05) is 11.5 Å². The molecule has 0 amide bonds. The lowest BCUT2D eigenvalue weighted by Crippen LogP contribution is -2.40. The maximum atomic E-state index is 12.6. The van der Waals surface area contributed by atoms with Gasteiger partial charge in [0.1, 0.15) is 0 Å². The molecule has 0 aromatic heterocycles. The third kappa shape index (κ3) is 1.95. The number of carboxylic acids is 1. The van der Waals surface area contributed by atoms with Gasteiger partial charge in [-0.2, -0.15) is 0 Å². The van der Waals surface area contributed by atoms with Gasteiger partial charge in [-0.05, 0) is 31.6 Å². The maximum Gasteiger partial charge on any atom is 0.307 e. The number of aliphatic carboxylic acids is 1. The van der Waals surface area contributed by atoms with Crippen LogP contribution in [0.1, 0.15) is 28.8 Å². The Balaban J connectivity index is 1.92. The molecule has 2 fully saturated rings. The Labute approximate surface area is 117 Å². The molecule has 4 heteroatoms. The van der Waals surface area contributed by atoms with Gasteiger partial charge < -0.3 is 10.2 Å². The molecule has 1 aromatic carbocycles. The lowest BCUT2D eigenvalue weighted by atomic mass is 9.74. The molecule has 106 valence electrons. The van der Waals surface area contributed by atoms with Gasteiger partial charge in [-0.1, -0.05) is 29.8 Å². The Morgan fingerprint density at radius 2 is 1.75 bits per heavy atom. The molecule has 2 saturated carbocycles. The first-order valence-electron chi connectivity index (χ1n) is 7.01. The van der Waals surface area contributed by atoms with Crippen LogP contribution in [0.25, 0.3) is 0 Å². The first kappa shape index (κ1) is 13.3. The van der Waals surface area contributed by atoms with Crippen molar-refractivity contribution >= 4 is 11.8 Å². The summed E-state index contributed by atoms with van der Waals surface area (Å²) in [5.74, 6) is -2.53. The van der Waals surface area contributed by atoms with Gasteiger partial charge in [-0.3, -0.25) is 9.59 Å². The Morgan fingerprint density at radius 1 is 1.10 bits per heavy atom. The number of rotatable bonds is 3. The molecule has 2 aliphatic rings. The number of benzene rings is 1. The summed E-state index contributed by atoms with van der Waals surface area (Å²) >= 11 is 0. The molecule has 5 atom stereocenters. The van der Waals surface area contributed by atoms with E-state index in [1.807, 2.05) is 19.1 Å². The molecule has 0 unspecified atom stereocenters. The topological polar surface area (TPSA) is 74.6 Å². The molecule has 0 saturated heterocycles. The second-order valence-electron chi connectivity index (χ2n) is 6.08. The number of aliphatic hydroxyl groups excluding tert-OH is 1. The van der Waals surface area contributed by atoms with Crippen molar-refractivity contribution in [1.82, 2.24) is 0 Å². The van der Waals surface area contributed by atoms with Crippen LogP contribution in [0.4, 0.5) is 0 Å². The Bertz CT molecular complexity index is 548. The second-order valence-corrected chi connectivity index (χ2v) is 6.08. The van der Waals surface area contributed by atoms with Crippen molar-refractivity contribution in [2.24, 2.45) is 23.7 Å². The number of ketones is 1. The number of carboxylic acid groups (broad SMARTS) is 1. The monoisotopic (exact) mass is 274 g/mol. The number of hydrogen-bond acceptors (Lipinski definition) is 3. The maximum absolute atomic E-state index is 12.6. The smallest absolute Gasteiger partial charge is 0.307 e. The van der Waals surface area contributed by atoms with Gasteiger partial charge >= 0.3 is 5.97 Å². The lowest BCUT2D eigenvalue weighted by molar-refractivity contribution is -0.145. The lowest BCUT2D eigenvalue weighted by Gasteiger charge is -2.30. The summed E-state index contributed by atoms with van der Waals surface area (Å²) in [6, 6.07) is 7.20. The number of carbonyl (C=O) groups excluding carboxylic acids is 1. The normalized spacial score (nSPS) is 35.2. The average molecular weight is 274 g/mol. The standard InChI is InChI=1S/C16H18O4/c1-8-2-4-9(5-3-8)15(18)14-11-6-10(7-12(11)17)13(14)16(19)20/h2-5,10-14,17H,6-7H2,1H3,(H,19,20)/t10-,11+,12-,13+,14+/m1/s1. The minimum atomic E-state index is -0.908. The minimum Gasteiger partial charge on any atom is -0.481 e. The fraction of sp³-hybridized carbons (Fsp3) is 0.500. The van der Waals surface area contributed by atoms with Crippen molar-refractivity contribution in [2.75, 3.05) is 0 Å². The summed E-state index contributed by atoms with van der Waals surface area (Å²) in [6.07, 6.45) is 0.634. The second kappa shape index (κ2) is 4.70.